The van der Waals surface area contributed by atoms with Crippen molar-refractivity contribution in [3.8, 4) is 0 Å². The van der Waals surface area contributed by atoms with Crippen LogP contribution >= 0.6 is 0 Å². The van der Waals surface area contributed by atoms with Crippen molar-refractivity contribution in [2.75, 3.05) is 0 Å². The van der Waals surface area contributed by atoms with Crippen LogP contribution in [0.25, 0.3) is 0 Å². The third-order valence-electron chi connectivity index (χ3n) is 3.92. The van der Waals surface area contributed by atoms with E-state index in [1.807, 2.05) is 18.7 Å². The lowest BCUT2D eigenvalue weighted by Gasteiger charge is -2.55. The molecule has 3 atom stereocenters. The maximum absolute atomic E-state index is 13.8. The molecule has 2 heterocycles. The van der Waals surface area contributed by atoms with E-state index >= 15 is 0 Å². The molecule has 1 aliphatic carbocycles. The normalized spacial score (nSPS) is 37.9. The van der Waals surface area contributed by atoms with Crippen LogP contribution in [0, 0.1) is 5.92 Å². The molecule has 1 N–H and O–H groups in total. The van der Waals surface area contributed by atoms with Gasteiger partial charge in [0.1, 0.15) is 5.76 Å². The summed E-state index contributed by atoms with van der Waals surface area (Å²) in [6.07, 6.45) is 1.23. The highest BCUT2D eigenvalue weighted by molar-refractivity contribution is 5.13. The molecule has 0 amide bonds. The number of rotatable bonds is 2. The average molecular weight is 231 g/mol. The third kappa shape index (κ3) is 1.63. The van der Waals surface area contributed by atoms with Gasteiger partial charge in [-0.1, -0.05) is 6.58 Å². The van der Waals surface area contributed by atoms with E-state index in [1.165, 1.54) is 0 Å². The minimum Gasteiger partial charge on any atom is -0.511 e. The summed E-state index contributed by atoms with van der Waals surface area (Å²) < 4.78 is 27.5. The maximum Gasteiger partial charge on any atom is 0.254 e. The molecular formula is C12H19F2NO. The van der Waals surface area contributed by atoms with E-state index in [0.717, 1.165) is 6.42 Å². The molecule has 1 saturated carbocycles. The number of hydrogen-bond acceptors (Lipinski definition) is 2. The highest BCUT2D eigenvalue weighted by Crippen LogP contribution is 2.50. The van der Waals surface area contributed by atoms with Crippen LogP contribution in [0.4, 0.5) is 8.78 Å². The Morgan fingerprint density at radius 3 is 2.50 bits per heavy atom. The fraction of sp³-hybridized carbons (Fsp3) is 0.833. The average Bonchev–Trinajstić information content (AvgIpc) is 2.14. The second-order valence-electron chi connectivity index (χ2n) is 5.28. The summed E-state index contributed by atoms with van der Waals surface area (Å²) in [6, 6.07) is -0.519. The predicted octanol–water partition coefficient (Wildman–Crippen LogP) is 2.95. The number of fused-ring (bicyclic) bond motifs is 3. The van der Waals surface area contributed by atoms with Gasteiger partial charge in [0, 0.05) is 24.4 Å². The summed E-state index contributed by atoms with van der Waals surface area (Å²) in [6.45, 7) is 7.44. The van der Waals surface area contributed by atoms with Crippen molar-refractivity contribution in [2.24, 2.45) is 5.92 Å². The number of alkyl halides is 2. The fourth-order valence-electron chi connectivity index (χ4n) is 3.38. The Labute approximate surface area is 94.9 Å². The Balaban J connectivity index is 2.34. The van der Waals surface area contributed by atoms with Gasteiger partial charge in [0.05, 0.1) is 6.04 Å². The fourth-order valence-corrected chi connectivity index (χ4v) is 3.38. The minimum atomic E-state index is -2.65. The van der Waals surface area contributed by atoms with Crippen molar-refractivity contribution >= 4 is 0 Å². The zero-order valence-electron chi connectivity index (χ0n) is 9.79. The van der Waals surface area contributed by atoms with Crippen LogP contribution < -0.4 is 0 Å². The molecule has 92 valence electrons. The van der Waals surface area contributed by atoms with Crippen LogP contribution in [0.15, 0.2) is 12.3 Å². The second kappa shape index (κ2) is 3.69. The number of hydrogen-bond donors (Lipinski definition) is 1. The monoisotopic (exact) mass is 231 g/mol. The minimum absolute atomic E-state index is 0.0698. The first kappa shape index (κ1) is 11.8. The van der Waals surface area contributed by atoms with Gasteiger partial charge in [-0.2, -0.15) is 0 Å². The van der Waals surface area contributed by atoms with Crippen LogP contribution in [-0.2, 0) is 0 Å². The number of aliphatic hydroxyl groups is 1. The predicted molar refractivity (Wildman–Crippen MR) is 58.6 cm³/mol. The van der Waals surface area contributed by atoms with Gasteiger partial charge in [-0.05, 0) is 26.7 Å². The summed E-state index contributed by atoms with van der Waals surface area (Å²) in [7, 11) is 0. The first-order valence-electron chi connectivity index (χ1n) is 5.87. The topological polar surface area (TPSA) is 23.5 Å². The first-order valence-corrected chi connectivity index (χ1v) is 5.87. The third-order valence-corrected chi connectivity index (χ3v) is 3.92. The molecule has 0 aromatic rings. The van der Waals surface area contributed by atoms with E-state index in [0.29, 0.717) is 6.42 Å². The van der Waals surface area contributed by atoms with Crippen molar-refractivity contribution in [1.29, 1.82) is 0 Å². The molecule has 3 fully saturated rings. The van der Waals surface area contributed by atoms with Gasteiger partial charge in [0.15, 0.2) is 0 Å². The standard InChI is InChI=1S/C12H19F2NO/c1-7(2)15-9-4-5-10(11(15)8(3)16)12(13,14)6-9/h7,9-11,16H,3-6H2,1-2H3. The summed E-state index contributed by atoms with van der Waals surface area (Å²) >= 11 is 0. The summed E-state index contributed by atoms with van der Waals surface area (Å²) in [5.74, 6) is -3.52. The summed E-state index contributed by atoms with van der Waals surface area (Å²) in [5, 5.41) is 9.58. The van der Waals surface area contributed by atoms with Crippen LogP contribution in [0.1, 0.15) is 33.1 Å². The Morgan fingerprint density at radius 2 is 2.06 bits per heavy atom. The molecule has 2 bridgehead atoms. The van der Waals surface area contributed by atoms with Crippen LogP contribution in [-0.4, -0.2) is 34.1 Å². The SMILES string of the molecule is C=C(O)C1C2CCC(CC2(F)F)N1C(C)C. The van der Waals surface area contributed by atoms with E-state index in [2.05, 4.69) is 6.58 Å². The second-order valence-corrected chi connectivity index (χ2v) is 5.28. The number of aliphatic hydroxyl groups excluding tert-OH is 1. The molecule has 4 heteroatoms. The Kier molecular flexibility index (Phi) is 2.73. The summed E-state index contributed by atoms with van der Waals surface area (Å²) in [4.78, 5) is 2.01. The molecule has 2 nitrogen and oxygen atoms in total. The highest BCUT2D eigenvalue weighted by Gasteiger charge is 2.58. The number of halogens is 2. The molecule has 16 heavy (non-hydrogen) atoms. The molecule has 2 saturated heterocycles. The summed E-state index contributed by atoms with van der Waals surface area (Å²) in [5.41, 5.74) is 0. The van der Waals surface area contributed by atoms with E-state index < -0.39 is 17.9 Å². The van der Waals surface area contributed by atoms with Gasteiger partial charge >= 0.3 is 0 Å². The van der Waals surface area contributed by atoms with Crippen molar-refractivity contribution < 1.29 is 13.9 Å². The van der Waals surface area contributed by atoms with Crippen molar-refractivity contribution in [3.05, 3.63) is 12.3 Å². The van der Waals surface area contributed by atoms with Crippen LogP contribution in [0.5, 0.6) is 0 Å². The molecule has 0 radical (unpaired) electrons. The number of nitrogens with zero attached hydrogens (tertiary/aromatic N) is 1. The lowest BCUT2D eigenvalue weighted by Crippen LogP contribution is -2.64. The van der Waals surface area contributed by atoms with Crippen molar-refractivity contribution in [3.63, 3.8) is 0 Å². The Morgan fingerprint density at radius 1 is 1.44 bits per heavy atom. The van der Waals surface area contributed by atoms with Gasteiger partial charge in [-0.3, -0.25) is 4.90 Å². The van der Waals surface area contributed by atoms with Gasteiger partial charge in [0.2, 0.25) is 0 Å². The molecular weight excluding hydrogens is 212 g/mol. The lowest BCUT2D eigenvalue weighted by atomic mass is 9.71. The first-order chi connectivity index (χ1) is 7.34. The zero-order valence-corrected chi connectivity index (χ0v) is 9.79. The van der Waals surface area contributed by atoms with Gasteiger partial charge < -0.3 is 5.11 Å². The van der Waals surface area contributed by atoms with Gasteiger partial charge in [-0.25, -0.2) is 8.78 Å². The van der Waals surface area contributed by atoms with Crippen LogP contribution in [0.2, 0.25) is 0 Å². The number of piperidine rings is 2. The molecule has 3 aliphatic rings. The van der Waals surface area contributed by atoms with E-state index in [1.54, 1.807) is 0 Å². The molecule has 2 aliphatic heterocycles. The smallest absolute Gasteiger partial charge is 0.254 e. The van der Waals surface area contributed by atoms with Crippen LogP contribution in [0.3, 0.4) is 0 Å². The van der Waals surface area contributed by atoms with Crippen molar-refractivity contribution in [1.82, 2.24) is 4.90 Å². The quantitative estimate of drug-likeness (QED) is 0.738. The van der Waals surface area contributed by atoms with E-state index in [4.69, 9.17) is 0 Å². The molecule has 0 aromatic carbocycles. The molecule has 3 rings (SSSR count). The Bertz CT molecular complexity index is 301. The Hall–Kier alpha value is -0.640. The van der Waals surface area contributed by atoms with Crippen molar-refractivity contribution in [2.45, 2.75) is 57.2 Å². The van der Waals surface area contributed by atoms with Gasteiger partial charge in [0.25, 0.3) is 5.92 Å². The van der Waals surface area contributed by atoms with E-state index in [-0.39, 0.29) is 24.3 Å². The molecule has 0 aromatic heterocycles. The molecule has 3 unspecified atom stereocenters. The lowest BCUT2D eigenvalue weighted by molar-refractivity contribution is -0.187. The molecule has 0 spiro atoms. The van der Waals surface area contributed by atoms with Gasteiger partial charge in [-0.15, -0.1) is 0 Å². The zero-order chi connectivity index (χ0) is 12.1. The van der Waals surface area contributed by atoms with E-state index in [9.17, 15) is 13.9 Å². The largest absolute Gasteiger partial charge is 0.511 e. The maximum atomic E-state index is 13.8. The highest BCUT2D eigenvalue weighted by atomic mass is 19.3.